The topological polar surface area (TPSA) is 101 Å². The number of aliphatic carboxylic acids is 2. The highest BCUT2D eigenvalue weighted by molar-refractivity contribution is 6.33. The van der Waals surface area contributed by atoms with E-state index >= 15 is 0 Å². The molecular weight excluding hydrogens is 258 g/mol. The molecule has 5 nitrogen and oxygen atoms in total. The van der Waals surface area contributed by atoms with Crippen LogP contribution in [0.4, 0.5) is 0 Å². The van der Waals surface area contributed by atoms with Crippen LogP contribution in [-0.2, 0) is 20.9 Å². The number of alkyl halides is 1. The summed E-state index contributed by atoms with van der Waals surface area (Å²) in [5, 5.41) is 17.7. The molecule has 0 saturated carbocycles. The van der Waals surface area contributed by atoms with Gasteiger partial charge >= 0.3 is 11.9 Å². The van der Waals surface area contributed by atoms with Gasteiger partial charge in [0, 0.05) is 0 Å². The Labute approximate surface area is 109 Å². The van der Waals surface area contributed by atoms with E-state index in [1.807, 2.05) is 0 Å². The molecule has 4 N–H and O–H groups in total. The lowest BCUT2D eigenvalue weighted by Crippen LogP contribution is -2.32. The molecule has 1 aromatic rings. The Morgan fingerprint density at radius 3 is 2.56 bits per heavy atom. The average molecular weight is 272 g/mol. The normalized spacial score (nSPS) is 15.7. The van der Waals surface area contributed by atoms with E-state index in [0.29, 0.717) is 11.1 Å². The number of carboxylic acid groups (broad SMARTS) is 2. The highest BCUT2D eigenvalue weighted by Crippen LogP contribution is 2.29. The van der Waals surface area contributed by atoms with E-state index in [4.69, 9.17) is 27.5 Å². The van der Waals surface area contributed by atoms with Gasteiger partial charge in [0.15, 0.2) is 4.87 Å². The highest BCUT2D eigenvalue weighted by atomic mass is 35.5. The van der Waals surface area contributed by atoms with Crippen molar-refractivity contribution in [1.29, 1.82) is 0 Å². The van der Waals surface area contributed by atoms with Crippen molar-refractivity contribution in [3.05, 3.63) is 35.4 Å². The van der Waals surface area contributed by atoms with Crippen molar-refractivity contribution in [2.45, 2.75) is 24.3 Å². The van der Waals surface area contributed by atoms with Gasteiger partial charge in [-0.2, -0.15) is 0 Å². The summed E-state index contributed by atoms with van der Waals surface area (Å²) in [6, 6.07) is 5.43. The molecule has 0 aliphatic rings. The molecule has 0 aliphatic heterocycles. The van der Waals surface area contributed by atoms with Gasteiger partial charge in [0.25, 0.3) is 0 Å². The molecule has 1 rings (SSSR count). The van der Waals surface area contributed by atoms with E-state index in [0.717, 1.165) is 0 Å². The summed E-state index contributed by atoms with van der Waals surface area (Å²) >= 11 is 5.92. The largest absolute Gasteiger partial charge is 0.480 e. The zero-order chi connectivity index (χ0) is 13.9. The molecule has 0 spiro atoms. The molecular formula is C12H14ClNO4. The van der Waals surface area contributed by atoms with Gasteiger partial charge in [0.1, 0.15) is 6.04 Å². The van der Waals surface area contributed by atoms with Crippen LogP contribution in [0.3, 0.4) is 0 Å². The summed E-state index contributed by atoms with van der Waals surface area (Å²) in [7, 11) is 0. The summed E-state index contributed by atoms with van der Waals surface area (Å²) < 4.78 is 0. The van der Waals surface area contributed by atoms with E-state index < -0.39 is 22.9 Å². The summed E-state index contributed by atoms with van der Waals surface area (Å²) in [4.78, 5) is 20.1. The van der Waals surface area contributed by atoms with Crippen LogP contribution in [0.25, 0.3) is 0 Å². The summed E-state index contributed by atoms with van der Waals surface area (Å²) in [5.74, 6) is -2.27. The van der Waals surface area contributed by atoms with Crippen molar-refractivity contribution in [1.82, 2.24) is 0 Å². The van der Waals surface area contributed by atoms with E-state index in [1.165, 1.54) is 6.92 Å². The van der Waals surface area contributed by atoms with Gasteiger partial charge in [-0.05, 0) is 24.5 Å². The molecule has 0 saturated heterocycles. The molecule has 6 heteroatoms. The van der Waals surface area contributed by atoms with Crippen LogP contribution in [0.2, 0.25) is 0 Å². The fourth-order valence-corrected chi connectivity index (χ4v) is 1.57. The third kappa shape index (κ3) is 3.21. The monoisotopic (exact) mass is 271 g/mol. The van der Waals surface area contributed by atoms with Crippen LogP contribution in [0.15, 0.2) is 24.3 Å². The van der Waals surface area contributed by atoms with Crippen molar-refractivity contribution in [3.63, 3.8) is 0 Å². The first-order valence-electron chi connectivity index (χ1n) is 5.25. The number of rotatable bonds is 5. The maximum absolute atomic E-state index is 11.0. The number of carboxylic acids is 2. The predicted molar refractivity (Wildman–Crippen MR) is 66.6 cm³/mol. The molecule has 0 aromatic heterocycles. The number of hydrogen-bond acceptors (Lipinski definition) is 3. The van der Waals surface area contributed by atoms with E-state index in [9.17, 15) is 9.59 Å². The lowest BCUT2D eigenvalue weighted by molar-refractivity contribution is -0.140. The fraction of sp³-hybridized carbons (Fsp3) is 0.333. The van der Waals surface area contributed by atoms with Gasteiger partial charge in [0.05, 0.1) is 0 Å². The molecule has 0 bridgehead atoms. The first kappa shape index (κ1) is 14.5. The zero-order valence-corrected chi connectivity index (χ0v) is 10.5. The number of hydrogen-bond donors (Lipinski definition) is 3. The number of carbonyl (C=O) groups is 2. The van der Waals surface area contributed by atoms with E-state index in [-0.39, 0.29) is 6.42 Å². The lowest BCUT2D eigenvalue weighted by Gasteiger charge is -2.18. The first-order valence-corrected chi connectivity index (χ1v) is 5.63. The maximum Gasteiger partial charge on any atom is 0.329 e. The summed E-state index contributed by atoms with van der Waals surface area (Å²) in [6.45, 7) is 1.37. The minimum atomic E-state index is -1.54. The van der Waals surface area contributed by atoms with Crippen LogP contribution < -0.4 is 5.73 Å². The standard InChI is InChI=1S/C12H14ClNO4/c1-12(13,11(17)18)8-4-2-3-7(5-8)6-9(14)10(15)16/h2-5,9H,6,14H2,1H3,(H,15,16)(H,17,18)/t9-,12?/m0/s1. The Morgan fingerprint density at radius 1 is 1.44 bits per heavy atom. The maximum atomic E-state index is 11.0. The second-order valence-electron chi connectivity index (χ2n) is 4.16. The molecule has 1 aromatic carbocycles. The van der Waals surface area contributed by atoms with E-state index in [1.54, 1.807) is 24.3 Å². The van der Waals surface area contributed by atoms with Crippen molar-refractivity contribution in [3.8, 4) is 0 Å². The average Bonchev–Trinajstić information content (AvgIpc) is 2.28. The van der Waals surface area contributed by atoms with Gasteiger partial charge in [-0.3, -0.25) is 4.79 Å². The van der Waals surface area contributed by atoms with Crippen LogP contribution in [0.5, 0.6) is 0 Å². The van der Waals surface area contributed by atoms with E-state index in [2.05, 4.69) is 0 Å². The van der Waals surface area contributed by atoms with Crippen molar-refractivity contribution in [2.75, 3.05) is 0 Å². The van der Waals surface area contributed by atoms with Gasteiger partial charge in [-0.15, -0.1) is 11.6 Å². The van der Waals surface area contributed by atoms with Crippen LogP contribution >= 0.6 is 11.6 Å². The highest BCUT2D eigenvalue weighted by Gasteiger charge is 2.32. The first-order chi connectivity index (χ1) is 8.25. The zero-order valence-electron chi connectivity index (χ0n) is 9.76. The third-order valence-corrected chi connectivity index (χ3v) is 3.02. The second kappa shape index (κ2) is 5.37. The Hall–Kier alpha value is -1.59. The van der Waals surface area contributed by atoms with Gasteiger partial charge in [-0.25, -0.2) is 4.79 Å². The van der Waals surface area contributed by atoms with Crippen molar-refractivity contribution in [2.24, 2.45) is 5.73 Å². The second-order valence-corrected chi connectivity index (χ2v) is 4.91. The SMILES string of the molecule is CC(Cl)(C(=O)O)c1cccc(C[C@H](N)C(=O)O)c1. The van der Waals surface area contributed by atoms with Gasteiger partial charge < -0.3 is 15.9 Å². The van der Waals surface area contributed by atoms with Gasteiger partial charge in [-0.1, -0.05) is 24.3 Å². The molecule has 1 unspecified atom stereocenters. The smallest absolute Gasteiger partial charge is 0.329 e. The number of nitrogens with two attached hydrogens (primary N) is 1. The van der Waals surface area contributed by atoms with Crippen molar-refractivity contribution < 1.29 is 19.8 Å². The van der Waals surface area contributed by atoms with Crippen molar-refractivity contribution >= 4 is 23.5 Å². The molecule has 0 amide bonds. The Bertz CT molecular complexity index is 473. The van der Waals surface area contributed by atoms with Crippen LogP contribution in [0.1, 0.15) is 18.1 Å². The molecule has 0 heterocycles. The summed E-state index contributed by atoms with van der Waals surface area (Å²) in [5.41, 5.74) is 6.45. The number of halogens is 1. The third-order valence-electron chi connectivity index (χ3n) is 2.64. The van der Waals surface area contributed by atoms with Crippen LogP contribution in [0, 0.1) is 0 Å². The van der Waals surface area contributed by atoms with Gasteiger partial charge in [0.2, 0.25) is 0 Å². The minimum absolute atomic E-state index is 0.121. The lowest BCUT2D eigenvalue weighted by atomic mass is 9.96. The molecule has 98 valence electrons. The predicted octanol–water partition coefficient (Wildman–Crippen LogP) is 1.18. The molecule has 0 radical (unpaired) electrons. The molecule has 2 atom stereocenters. The fourth-order valence-electron chi connectivity index (χ4n) is 1.46. The molecule has 18 heavy (non-hydrogen) atoms. The number of benzene rings is 1. The Balaban J connectivity index is 3.00. The minimum Gasteiger partial charge on any atom is -0.480 e. The molecule has 0 aliphatic carbocycles. The Kier molecular flexibility index (Phi) is 4.32. The summed E-state index contributed by atoms with van der Waals surface area (Å²) in [6.07, 6.45) is 0.121. The van der Waals surface area contributed by atoms with Crippen LogP contribution in [-0.4, -0.2) is 28.2 Å². The quantitative estimate of drug-likeness (QED) is 0.698. The Morgan fingerprint density at radius 2 is 2.06 bits per heavy atom. The molecule has 0 fully saturated rings.